The average molecular weight is 653 g/mol. The lowest BCUT2D eigenvalue weighted by atomic mass is 9.80. The van der Waals surface area contributed by atoms with E-state index in [0.29, 0.717) is 32.2 Å². The molecule has 0 aliphatic rings. The molecule has 1 atom stereocenters. The summed E-state index contributed by atoms with van der Waals surface area (Å²) in [6.45, 7) is 0.0737. The van der Waals surface area contributed by atoms with Crippen molar-refractivity contribution in [1.29, 1.82) is 0 Å². The second-order valence-electron chi connectivity index (χ2n) is 10.5. The third kappa shape index (κ3) is 13.5. The number of ether oxygens (including phenoxy) is 3. The number of aliphatic carboxylic acids is 1. The number of nitrogens with two attached hydrogens (primary N) is 1. The molecule has 0 heterocycles. The number of hydrogen-bond donors (Lipinski definition) is 6. The Hall–Kier alpha value is -4.33. The van der Waals surface area contributed by atoms with Gasteiger partial charge in [-0.3, -0.25) is 19.8 Å². The van der Waals surface area contributed by atoms with Gasteiger partial charge in [-0.2, -0.15) is 0 Å². The van der Waals surface area contributed by atoms with E-state index in [2.05, 4.69) is 52.6 Å². The van der Waals surface area contributed by atoms with Crippen molar-refractivity contribution in [3.8, 4) is 5.75 Å². The summed E-state index contributed by atoms with van der Waals surface area (Å²) in [5, 5.41) is 19.0. The van der Waals surface area contributed by atoms with Crippen LogP contribution in [-0.2, 0) is 29.5 Å². The molecule has 2 amide bonds. The Kier molecular flexibility index (Phi) is 18.4. The molecule has 256 valence electrons. The van der Waals surface area contributed by atoms with Crippen LogP contribution in [0.4, 0.5) is 0 Å². The number of rotatable bonds is 20. The molecule has 0 radical (unpaired) electrons. The first-order chi connectivity index (χ1) is 22.8. The Morgan fingerprint density at radius 1 is 0.787 bits per heavy atom. The number of hydrogen-bond acceptors (Lipinski definition) is 9. The van der Waals surface area contributed by atoms with Gasteiger partial charge in [-0.25, -0.2) is 5.43 Å². The van der Waals surface area contributed by atoms with Crippen LogP contribution in [0.15, 0.2) is 84.9 Å². The summed E-state index contributed by atoms with van der Waals surface area (Å²) in [7, 11) is 3.34. The molecule has 3 rings (SSSR count). The van der Waals surface area contributed by atoms with Gasteiger partial charge in [0.05, 0.1) is 13.7 Å². The van der Waals surface area contributed by atoms with Crippen molar-refractivity contribution in [2.45, 2.75) is 50.4 Å². The third-order valence-electron chi connectivity index (χ3n) is 7.05. The van der Waals surface area contributed by atoms with E-state index in [0.717, 1.165) is 35.3 Å². The summed E-state index contributed by atoms with van der Waals surface area (Å²) in [5.74, 6) is -1.09. The highest BCUT2D eigenvalue weighted by Crippen LogP contribution is 2.42. The molecule has 0 fully saturated rings. The summed E-state index contributed by atoms with van der Waals surface area (Å²) in [6.07, 6.45) is 3.54. The number of methoxy groups -OCH3 is 2. The maximum absolute atomic E-state index is 11.2. The van der Waals surface area contributed by atoms with Crippen LogP contribution in [0.3, 0.4) is 0 Å². The van der Waals surface area contributed by atoms with Crippen LogP contribution in [0, 0.1) is 0 Å². The van der Waals surface area contributed by atoms with Gasteiger partial charge in [-0.15, -0.1) is 0 Å². The minimum atomic E-state index is -1.13. The van der Waals surface area contributed by atoms with Crippen LogP contribution < -0.4 is 26.6 Å². The van der Waals surface area contributed by atoms with Crippen LogP contribution in [0.2, 0.25) is 0 Å². The number of nitrogens with one attached hydrogen (secondary N) is 3. The highest BCUT2D eigenvalue weighted by atomic mass is 16.7. The van der Waals surface area contributed by atoms with Gasteiger partial charge < -0.3 is 35.5 Å². The lowest BCUT2D eigenvalue weighted by Gasteiger charge is -2.38. The summed E-state index contributed by atoms with van der Waals surface area (Å²) < 4.78 is 17.9. The van der Waals surface area contributed by atoms with Crippen LogP contribution in [0.5, 0.6) is 5.75 Å². The summed E-state index contributed by atoms with van der Waals surface area (Å²) >= 11 is 0. The number of carboxylic acids is 1. The molecule has 0 aromatic heterocycles. The Labute approximate surface area is 276 Å². The zero-order valence-electron chi connectivity index (χ0n) is 27.2. The van der Waals surface area contributed by atoms with Gasteiger partial charge in [0.2, 0.25) is 11.8 Å². The number of carbonyl (C=O) groups excluding carboxylic acids is 2. The van der Waals surface area contributed by atoms with E-state index >= 15 is 0 Å². The van der Waals surface area contributed by atoms with Crippen LogP contribution in [0.1, 0.15) is 55.2 Å². The van der Waals surface area contributed by atoms with E-state index in [4.69, 9.17) is 30.2 Å². The van der Waals surface area contributed by atoms with Gasteiger partial charge in [0, 0.05) is 20.1 Å². The molecule has 0 saturated carbocycles. The van der Waals surface area contributed by atoms with Crippen LogP contribution >= 0.6 is 0 Å². The predicted octanol–water partition coefficient (Wildman–Crippen LogP) is 3.08. The number of amides is 2. The van der Waals surface area contributed by atoms with Gasteiger partial charge in [-0.1, -0.05) is 79.2 Å². The zero-order chi connectivity index (χ0) is 34.3. The van der Waals surface area contributed by atoms with Gasteiger partial charge in [0.1, 0.15) is 17.9 Å². The molecule has 7 N–H and O–H groups in total. The van der Waals surface area contributed by atoms with Gasteiger partial charge >= 0.3 is 5.97 Å². The Morgan fingerprint density at radius 3 is 1.89 bits per heavy atom. The fourth-order valence-corrected chi connectivity index (χ4v) is 4.68. The Balaban J connectivity index is 0.000000369. The zero-order valence-corrected chi connectivity index (χ0v) is 27.2. The minimum Gasteiger partial charge on any atom is -0.497 e. The van der Waals surface area contributed by atoms with Crippen molar-refractivity contribution >= 4 is 17.8 Å². The topological polar surface area (TPSA) is 181 Å². The maximum atomic E-state index is 11.2. The van der Waals surface area contributed by atoms with Crippen molar-refractivity contribution in [2.24, 2.45) is 5.73 Å². The minimum absolute atomic E-state index is 0.115. The fraction of sp³-hybridized carbons (Fsp3) is 0.400. The standard InChI is InChI=1S/C25H29NO3.C10H19N3O5/c1-27-23-17-15-22(16-18-23)25(20-10-5-3-6-11-20,21-12-7-4-8-13-21)29-24(28-2)14-9-19-26;14-5-3-1-2-4-8(15)13-12-6-9(16)11-7-10(17)18/h3-8,10-13,15-18,24H,9,14,19,26H2,1-2H3;12,14H,1-7H2,(H,11,16)(H,13,15)(H,17,18). The number of hydrazine groups is 1. The van der Waals surface area contributed by atoms with Crippen molar-refractivity contribution in [1.82, 2.24) is 16.2 Å². The quantitative estimate of drug-likeness (QED) is 0.0459. The fourth-order valence-electron chi connectivity index (χ4n) is 4.68. The van der Waals surface area contributed by atoms with Crippen molar-refractivity contribution < 1.29 is 38.8 Å². The van der Waals surface area contributed by atoms with E-state index in [1.165, 1.54) is 0 Å². The van der Waals surface area contributed by atoms with Crippen molar-refractivity contribution in [3.05, 3.63) is 102 Å². The molecular formula is C35H48N4O8. The first-order valence-corrected chi connectivity index (χ1v) is 15.6. The van der Waals surface area contributed by atoms with E-state index in [1.807, 2.05) is 48.5 Å². The Morgan fingerprint density at radius 2 is 1.38 bits per heavy atom. The number of carboxylic acid groups (broad SMARTS) is 1. The molecule has 47 heavy (non-hydrogen) atoms. The van der Waals surface area contributed by atoms with Crippen molar-refractivity contribution in [3.63, 3.8) is 0 Å². The summed E-state index contributed by atoms with van der Waals surface area (Å²) in [5.41, 5.74) is 12.7. The van der Waals surface area contributed by atoms with E-state index in [-0.39, 0.29) is 19.1 Å². The van der Waals surface area contributed by atoms with E-state index in [9.17, 15) is 14.4 Å². The van der Waals surface area contributed by atoms with Crippen molar-refractivity contribution in [2.75, 3.05) is 40.5 Å². The van der Waals surface area contributed by atoms with Gasteiger partial charge in [0.25, 0.3) is 0 Å². The number of unbranched alkanes of at least 4 members (excludes halogenated alkanes) is 2. The van der Waals surface area contributed by atoms with Gasteiger partial charge in [-0.05, 0) is 61.1 Å². The molecule has 0 bridgehead atoms. The van der Waals surface area contributed by atoms with Crippen LogP contribution in [0.25, 0.3) is 0 Å². The van der Waals surface area contributed by atoms with Gasteiger partial charge in [0.15, 0.2) is 6.29 Å². The Bertz CT molecular complexity index is 1270. The lowest BCUT2D eigenvalue weighted by molar-refractivity contribution is -0.179. The highest BCUT2D eigenvalue weighted by molar-refractivity contribution is 5.83. The highest BCUT2D eigenvalue weighted by Gasteiger charge is 2.40. The smallest absolute Gasteiger partial charge is 0.322 e. The van der Waals surface area contributed by atoms with Crippen LogP contribution in [-0.4, -0.2) is 74.7 Å². The van der Waals surface area contributed by atoms with E-state index in [1.54, 1.807) is 14.2 Å². The number of benzene rings is 3. The molecule has 12 nitrogen and oxygen atoms in total. The second-order valence-corrected chi connectivity index (χ2v) is 10.5. The maximum Gasteiger partial charge on any atom is 0.322 e. The number of carbonyl (C=O) groups is 3. The molecule has 1 unspecified atom stereocenters. The molecule has 12 heteroatoms. The molecule has 0 saturated heterocycles. The molecule has 0 aliphatic heterocycles. The monoisotopic (exact) mass is 652 g/mol. The van der Waals surface area contributed by atoms with E-state index < -0.39 is 30.3 Å². The predicted molar refractivity (Wildman–Crippen MR) is 178 cm³/mol. The molecule has 3 aromatic carbocycles. The third-order valence-corrected chi connectivity index (χ3v) is 7.05. The SMILES string of the molecule is COc1ccc(C(OC(CCCN)OC)(c2ccccc2)c2ccccc2)cc1.O=C(O)CNC(=O)CNNC(=O)CCCCCO. The average Bonchev–Trinajstić information content (AvgIpc) is 3.10. The normalized spacial score (nSPS) is 11.5. The first kappa shape index (κ1) is 38.9. The number of aliphatic hydroxyl groups excluding tert-OH is 1. The molecule has 0 spiro atoms. The molecule has 0 aliphatic carbocycles. The second kappa shape index (κ2) is 22.2. The lowest BCUT2D eigenvalue weighted by Crippen LogP contribution is -2.44. The largest absolute Gasteiger partial charge is 0.497 e. The summed E-state index contributed by atoms with van der Waals surface area (Å²) in [4.78, 5) is 32.3. The number of aliphatic hydroxyl groups is 1. The molecule has 3 aromatic rings. The summed E-state index contributed by atoms with van der Waals surface area (Å²) in [6, 6.07) is 28.5. The molecular weight excluding hydrogens is 604 g/mol. The first-order valence-electron chi connectivity index (χ1n) is 15.6.